The van der Waals surface area contributed by atoms with Gasteiger partial charge in [0.25, 0.3) is 0 Å². The summed E-state index contributed by atoms with van der Waals surface area (Å²) in [7, 11) is 0. The Kier molecular flexibility index (Phi) is 2.99. The lowest BCUT2D eigenvalue weighted by Gasteiger charge is -2.17. The quantitative estimate of drug-likeness (QED) is 0.499. The Morgan fingerprint density at radius 3 is 1.60 bits per heavy atom. The highest BCUT2D eigenvalue weighted by atomic mass is 19.2. The van der Waals surface area contributed by atoms with Gasteiger partial charge in [-0.15, -0.1) is 0 Å². The molecule has 0 aromatic heterocycles. The van der Waals surface area contributed by atoms with Crippen LogP contribution < -0.4 is 5.11 Å². The van der Waals surface area contributed by atoms with Crippen LogP contribution in [0.3, 0.4) is 0 Å². The van der Waals surface area contributed by atoms with Crippen LogP contribution in [-0.2, 0) is 0 Å². The van der Waals surface area contributed by atoms with Crippen LogP contribution in [0.5, 0.6) is 5.75 Å². The molecule has 0 aliphatic rings. The maximum Gasteiger partial charge on any atom is 0.335 e. The van der Waals surface area contributed by atoms with Crippen LogP contribution in [-0.4, -0.2) is 11.1 Å². The Bertz CT molecular complexity index is 763. The molecule has 0 bridgehead atoms. The number of carboxylic acid groups (broad SMARTS) is 1. The average molecular weight is 295 g/mol. The number of hydrogen-bond donors (Lipinski definition) is 1. The normalized spacial score (nSPS) is 11.1. The molecule has 0 amide bonds. The Labute approximate surface area is 105 Å². The highest BCUT2D eigenvalue weighted by Crippen LogP contribution is 2.36. The zero-order chi connectivity index (χ0) is 15.4. The van der Waals surface area contributed by atoms with Crippen molar-refractivity contribution in [2.75, 3.05) is 0 Å². The van der Waals surface area contributed by atoms with Gasteiger partial charge in [-0.3, -0.25) is 0 Å². The van der Waals surface area contributed by atoms with E-state index in [9.17, 15) is 36.2 Å². The van der Waals surface area contributed by atoms with E-state index in [0.29, 0.717) is 0 Å². The number of fused-ring (bicyclic) bond motifs is 1. The lowest BCUT2D eigenvalue weighted by atomic mass is 10.0. The van der Waals surface area contributed by atoms with Crippen molar-refractivity contribution in [2.24, 2.45) is 0 Å². The maximum absolute atomic E-state index is 13.5. The number of rotatable bonds is 1. The summed E-state index contributed by atoms with van der Waals surface area (Å²) in [6.07, 6.45) is 0. The Morgan fingerprint density at radius 1 is 0.750 bits per heavy atom. The third kappa shape index (κ3) is 1.59. The smallest absolute Gasteiger partial charge is 0.335 e. The monoisotopic (exact) mass is 295 g/mol. The van der Waals surface area contributed by atoms with E-state index in [-0.39, 0.29) is 0 Å². The van der Waals surface area contributed by atoms with E-state index < -0.39 is 63.0 Å². The van der Waals surface area contributed by atoms with Crippen LogP contribution in [0, 0.1) is 34.9 Å². The van der Waals surface area contributed by atoms with Gasteiger partial charge in [-0.25, -0.2) is 31.1 Å². The summed E-state index contributed by atoms with van der Waals surface area (Å²) >= 11 is 0. The predicted molar refractivity (Wildman–Crippen MR) is 50.1 cm³/mol. The first kappa shape index (κ1) is 14.0. The zero-order valence-electron chi connectivity index (χ0n) is 9.03. The lowest BCUT2D eigenvalue weighted by Crippen LogP contribution is -2.13. The zero-order valence-corrected chi connectivity index (χ0v) is 9.03. The SMILES string of the molecule is O=C(O)c1c([O-])c(F)c(F)c2c(F)c(F)c(F)c(F)c12. The second kappa shape index (κ2) is 4.29. The molecule has 1 N–H and O–H groups in total. The molecule has 0 heterocycles. The minimum atomic E-state index is -2.46. The minimum absolute atomic E-state index is 1.67. The molecule has 0 radical (unpaired) electrons. The summed E-state index contributed by atoms with van der Waals surface area (Å²) in [5.74, 6) is -18.5. The Balaban J connectivity index is 3.27. The number of carboxylic acids is 1. The number of carbonyl (C=O) groups is 1. The van der Waals surface area contributed by atoms with Crippen molar-refractivity contribution in [1.29, 1.82) is 0 Å². The van der Waals surface area contributed by atoms with Gasteiger partial charge in [-0.1, -0.05) is 5.75 Å². The molecule has 0 aliphatic carbocycles. The standard InChI is InChI=1S/C11H2F6O3/c12-4-1-2(5(13)8(16)7(4)15)6(14)9(17)10(18)3(1)11(19)20/h18H,(H,19,20)/p-1. The van der Waals surface area contributed by atoms with Gasteiger partial charge >= 0.3 is 5.97 Å². The highest BCUT2D eigenvalue weighted by Gasteiger charge is 2.29. The molecule has 0 unspecified atom stereocenters. The molecule has 0 saturated carbocycles. The van der Waals surface area contributed by atoms with Crippen molar-refractivity contribution < 1.29 is 41.4 Å². The molecule has 0 aliphatic heterocycles. The van der Waals surface area contributed by atoms with Crippen molar-refractivity contribution in [1.82, 2.24) is 0 Å². The molecular formula is C11HF6O3-. The fourth-order valence-electron chi connectivity index (χ4n) is 1.71. The largest absolute Gasteiger partial charge is 0.870 e. The summed E-state index contributed by atoms with van der Waals surface area (Å²) in [5.41, 5.74) is -1.73. The van der Waals surface area contributed by atoms with Gasteiger partial charge in [0.15, 0.2) is 34.9 Å². The second-order valence-electron chi connectivity index (χ2n) is 3.64. The van der Waals surface area contributed by atoms with E-state index in [1.54, 1.807) is 0 Å². The second-order valence-corrected chi connectivity index (χ2v) is 3.64. The topological polar surface area (TPSA) is 60.4 Å². The van der Waals surface area contributed by atoms with Gasteiger partial charge in [0.2, 0.25) is 0 Å². The number of halogens is 6. The number of hydrogen-bond acceptors (Lipinski definition) is 2. The van der Waals surface area contributed by atoms with E-state index in [1.807, 2.05) is 0 Å². The molecule has 0 atom stereocenters. The van der Waals surface area contributed by atoms with Gasteiger partial charge in [0, 0.05) is 5.39 Å². The number of aromatic carboxylic acids is 1. The molecule has 0 spiro atoms. The van der Waals surface area contributed by atoms with E-state index in [0.717, 1.165) is 0 Å². The van der Waals surface area contributed by atoms with E-state index in [2.05, 4.69) is 0 Å². The molecule has 2 aromatic carbocycles. The molecule has 106 valence electrons. The fourth-order valence-corrected chi connectivity index (χ4v) is 1.71. The Morgan fingerprint density at radius 2 is 1.15 bits per heavy atom. The molecule has 2 aromatic rings. The number of benzene rings is 2. The molecule has 2 rings (SSSR count). The van der Waals surface area contributed by atoms with Crippen molar-refractivity contribution in [3.05, 3.63) is 40.5 Å². The van der Waals surface area contributed by atoms with Crippen LogP contribution in [0.25, 0.3) is 10.8 Å². The van der Waals surface area contributed by atoms with Crippen LogP contribution in [0.4, 0.5) is 26.3 Å². The molecule has 0 saturated heterocycles. The van der Waals surface area contributed by atoms with Crippen molar-refractivity contribution in [2.45, 2.75) is 0 Å². The first-order valence-corrected chi connectivity index (χ1v) is 4.77. The van der Waals surface area contributed by atoms with Crippen LogP contribution in [0.15, 0.2) is 0 Å². The summed E-state index contributed by atoms with van der Waals surface area (Å²) in [6, 6.07) is 0. The summed E-state index contributed by atoms with van der Waals surface area (Å²) in [5, 5.41) is 16.4. The molecule has 20 heavy (non-hydrogen) atoms. The predicted octanol–water partition coefficient (Wildman–Crippen LogP) is 2.45. The van der Waals surface area contributed by atoms with Gasteiger partial charge in [-0.2, -0.15) is 0 Å². The first-order chi connectivity index (χ1) is 9.20. The molecular weight excluding hydrogens is 294 g/mol. The van der Waals surface area contributed by atoms with Gasteiger partial charge < -0.3 is 10.2 Å². The Hall–Kier alpha value is -2.45. The van der Waals surface area contributed by atoms with Crippen molar-refractivity contribution in [3.63, 3.8) is 0 Å². The van der Waals surface area contributed by atoms with E-state index >= 15 is 0 Å². The van der Waals surface area contributed by atoms with Crippen molar-refractivity contribution >= 4 is 16.7 Å². The minimum Gasteiger partial charge on any atom is -0.870 e. The van der Waals surface area contributed by atoms with Crippen LogP contribution in [0.1, 0.15) is 10.4 Å². The third-order valence-corrected chi connectivity index (χ3v) is 2.57. The van der Waals surface area contributed by atoms with E-state index in [4.69, 9.17) is 5.11 Å². The lowest BCUT2D eigenvalue weighted by molar-refractivity contribution is -0.273. The molecule has 9 heteroatoms. The third-order valence-electron chi connectivity index (χ3n) is 2.57. The fraction of sp³-hybridized carbons (Fsp3) is 0. The maximum atomic E-state index is 13.5. The van der Waals surface area contributed by atoms with E-state index in [1.165, 1.54) is 0 Å². The van der Waals surface area contributed by atoms with Gasteiger partial charge in [-0.05, 0) is 0 Å². The summed E-state index contributed by atoms with van der Waals surface area (Å²) in [6.45, 7) is 0. The molecule has 0 fully saturated rings. The average Bonchev–Trinajstić information content (AvgIpc) is 2.39. The summed E-state index contributed by atoms with van der Waals surface area (Å²) < 4.78 is 79.4. The van der Waals surface area contributed by atoms with Crippen molar-refractivity contribution in [3.8, 4) is 5.75 Å². The highest BCUT2D eigenvalue weighted by molar-refractivity contribution is 6.06. The first-order valence-electron chi connectivity index (χ1n) is 4.77. The van der Waals surface area contributed by atoms with Gasteiger partial charge in [0.1, 0.15) is 0 Å². The van der Waals surface area contributed by atoms with Crippen LogP contribution in [0.2, 0.25) is 0 Å². The molecule has 3 nitrogen and oxygen atoms in total. The van der Waals surface area contributed by atoms with Crippen LogP contribution >= 0.6 is 0 Å². The summed E-state index contributed by atoms with van der Waals surface area (Å²) in [4.78, 5) is 10.8. The van der Waals surface area contributed by atoms with Gasteiger partial charge in [0.05, 0.1) is 10.9 Å².